The van der Waals surface area contributed by atoms with E-state index in [4.69, 9.17) is 5.73 Å². The highest BCUT2D eigenvalue weighted by Crippen LogP contribution is 2.18. The fourth-order valence-electron chi connectivity index (χ4n) is 1.76. The first-order valence-corrected chi connectivity index (χ1v) is 4.68. The molecule has 0 spiro atoms. The first-order chi connectivity index (χ1) is 7.09. The van der Waals surface area contributed by atoms with Crippen LogP contribution in [0.5, 0.6) is 0 Å². The highest BCUT2D eigenvalue weighted by Gasteiger charge is 2.23. The molecule has 0 atom stereocenters. The van der Waals surface area contributed by atoms with E-state index < -0.39 is 5.91 Å². The number of hydrogen-bond donors (Lipinski definition) is 2. The van der Waals surface area contributed by atoms with Crippen LogP contribution < -0.4 is 11.1 Å². The van der Waals surface area contributed by atoms with Gasteiger partial charge in [0.2, 0.25) is 0 Å². The van der Waals surface area contributed by atoms with Crippen molar-refractivity contribution in [2.24, 2.45) is 5.73 Å². The van der Waals surface area contributed by atoms with E-state index in [9.17, 15) is 9.59 Å². The van der Waals surface area contributed by atoms with Gasteiger partial charge in [0.05, 0.1) is 0 Å². The Balaban J connectivity index is 2.67. The topological polar surface area (TPSA) is 85.1 Å². The summed E-state index contributed by atoms with van der Waals surface area (Å²) >= 11 is 0. The summed E-state index contributed by atoms with van der Waals surface area (Å²) in [6, 6.07) is 1.68. The van der Waals surface area contributed by atoms with Crippen LogP contribution in [0.2, 0.25) is 0 Å². The zero-order valence-electron chi connectivity index (χ0n) is 8.33. The van der Waals surface area contributed by atoms with Gasteiger partial charge in [0.1, 0.15) is 5.69 Å². The predicted octanol–water partition coefficient (Wildman–Crippen LogP) is -0.225. The molecule has 0 unspecified atom stereocenters. The number of fused-ring (bicyclic) bond motifs is 1. The Hall–Kier alpha value is -1.91. The molecule has 2 amide bonds. The molecule has 1 aromatic heterocycles. The second-order valence-electron chi connectivity index (χ2n) is 3.51. The molecule has 0 saturated heterocycles. The molecule has 1 aromatic rings. The molecule has 1 aliphatic rings. The number of hydrogen-bond acceptors (Lipinski definition) is 3. The van der Waals surface area contributed by atoms with Gasteiger partial charge in [-0.2, -0.15) is 0 Å². The van der Waals surface area contributed by atoms with Gasteiger partial charge in [0.15, 0.2) is 0 Å². The SMILES string of the molecule is Cc1cc2c(c(C(N)=O)n1)CCNC2=O. The van der Waals surface area contributed by atoms with Crippen molar-refractivity contribution in [1.82, 2.24) is 10.3 Å². The third-order valence-corrected chi connectivity index (χ3v) is 2.39. The minimum Gasteiger partial charge on any atom is -0.364 e. The normalized spacial score (nSPS) is 14.3. The monoisotopic (exact) mass is 205 g/mol. The van der Waals surface area contributed by atoms with E-state index in [1.165, 1.54) is 0 Å². The number of rotatable bonds is 1. The van der Waals surface area contributed by atoms with E-state index >= 15 is 0 Å². The van der Waals surface area contributed by atoms with Gasteiger partial charge in [0.25, 0.3) is 11.8 Å². The molecule has 2 rings (SSSR count). The van der Waals surface area contributed by atoms with Crippen LogP contribution in [-0.4, -0.2) is 23.3 Å². The van der Waals surface area contributed by atoms with Crippen LogP contribution in [0.25, 0.3) is 0 Å². The number of pyridine rings is 1. The summed E-state index contributed by atoms with van der Waals surface area (Å²) in [7, 11) is 0. The largest absolute Gasteiger partial charge is 0.364 e. The van der Waals surface area contributed by atoms with Crippen LogP contribution in [0, 0.1) is 6.92 Å². The minimum absolute atomic E-state index is 0.163. The van der Waals surface area contributed by atoms with Gasteiger partial charge >= 0.3 is 0 Å². The lowest BCUT2D eigenvalue weighted by Crippen LogP contribution is -2.34. The molecule has 0 saturated carbocycles. The Kier molecular flexibility index (Phi) is 2.15. The second kappa shape index (κ2) is 3.34. The maximum absolute atomic E-state index is 11.5. The summed E-state index contributed by atoms with van der Waals surface area (Å²) in [6.07, 6.45) is 0.604. The Labute approximate surface area is 86.7 Å². The lowest BCUT2D eigenvalue weighted by atomic mass is 9.98. The zero-order chi connectivity index (χ0) is 11.0. The van der Waals surface area contributed by atoms with Crippen molar-refractivity contribution in [2.45, 2.75) is 13.3 Å². The molecular formula is C10H11N3O2. The molecule has 15 heavy (non-hydrogen) atoms. The third-order valence-electron chi connectivity index (χ3n) is 2.39. The number of carbonyl (C=O) groups is 2. The number of aryl methyl sites for hydroxylation is 1. The number of nitrogens with one attached hydrogen (secondary N) is 1. The Morgan fingerprint density at radius 2 is 2.33 bits per heavy atom. The molecule has 1 aliphatic heterocycles. The first-order valence-electron chi connectivity index (χ1n) is 4.68. The Bertz CT molecular complexity index is 437. The number of carbonyl (C=O) groups excluding carboxylic acids is 2. The van der Waals surface area contributed by atoms with Crippen LogP contribution in [0.1, 0.15) is 32.1 Å². The van der Waals surface area contributed by atoms with Gasteiger partial charge in [0, 0.05) is 17.8 Å². The summed E-state index contributed by atoms with van der Waals surface area (Å²) in [4.78, 5) is 26.7. The smallest absolute Gasteiger partial charge is 0.267 e. The molecular weight excluding hydrogens is 194 g/mol. The third kappa shape index (κ3) is 1.56. The van der Waals surface area contributed by atoms with E-state index in [1.54, 1.807) is 13.0 Å². The average molecular weight is 205 g/mol. The maximum Gasteiger partial charge on any atom is 0.267 e. The standard InChI is InChI=1S/C10H11N3O2/c1-5-4-7-6(2-3-12-10(7)15)8(13-5)9(11)14/h4H,2-3H2,1H3,(H2,11,14)(H,12,15). The van der Waals surface area contributed by atoms with Gasteiger partial charge in [-0.1, -0.05) is 0 Å². The summed E-state index contributed by atoms with van der Waals surface area (Å²) in [6.45, 7) is 2.26. The molecule has 0 aliphatic carbocycles. The molecule has 5 heteroatoms. The number of aromatic nitrogens is 1. The second-order valence-corrected chi connectivity index (χ2v) is 3.51. The number of nitrogens with two attached hydrogens (primary N) is 1. The van der Waals surface area contributed by atoms with Crippen LogP contribution in [0.4, 0.5) is 0 Å². The fourth-order valence-corrected chi connectivity index (χ4v) is 1.76. The quantitative estimate of drug-likeness (QED) is 0.664. The Morgan fingerprint density at radius 1 is 1.60 bits per heavy atom. The van der Waals surface area contributed by atoms with E-state index in [-0.39, 0.29) is 11.6 Å². The van der Waals surface area contributed by atoms with Crippen LogP contribution >= 0.6 is 0 Å². The van der Waals surface area contributed by atoms with Gasteiger partial charge in [-0.15, -0.1) is 0 Å². The summed E-state index contributed by atoms with van der Waals surface area (Å²) in [5.41, 5.74) is 7.25. The lowest BCUT2D eigenvalue weighted by Gasteiger charge is -2.18. The first kappa shape index (κ1) is 9.64. The van der Waals surface area contributed by atoms with E-state index in [2.05, 4.69) is 10.3 Å². The van der Waals surface area contributed by atoms with Gasteiger partial charge in [-0.3, -0.25) is 9.59 Å². The van der Waals surface area contributed by atoms with Crippen LogP contribution in [-0.2, 0) is 6.42 Å². The van der Waals surface area contributed by atoms with Gasteiger partial charge in [-0.25, -0.2) is 4.98 Å². The molecule has 5 nitrogen and oxygen atoms in total. The molecule has 2 heterocycles. The number of primary amides is 1. The maximum atomic E-state index is 11.5. The van der Waals surface area contributed by atoms with E-state index in [0.29, 0.717) is 29.8 Å². The molecule has 0 fully saturated rings. The molecule has 0 aromatic carbocycles. The average Bonchev–Trinajstić information content (AvgIpc) is 2.18. The van der Waals surface area contributed by atoms with Gasteiger partial charge < -0.3 is 11.1 Å². The highest BCUT2D eigenvalue weighted by atomic mass is 16.2. The van der Waals surface area contributed by atoms with E-state index in [0.717, 1.165) is 0 Å². The van der Waals surface area contributed by atoms with E-state index in [1.807, 2.05) is 0 Å². The highest BCUT2D eigenvalue weighted by molar-refractivity contribution is 6.01. The molecule has 3 N–H and O–H groups in total. The van der Waals surface area contributed by atoms with Crippen molar-refractivity contribution >= 4 is 11.8 Å². The van der Waals surface area contributed by atoms with Crippen LogP contribution in [0.15, 0.2) is 6.07 Å². The lowest BCUT2D eigenvalue weighted by molar-refractivity contribution is 0.0945. The summed E-state index contributed by atoms with van der Waals surface area (Å²) in [5, 5.41) is 2.71. The van der Waals surface area contributed by atoms with Crippen molar-refractivity contribution in [2.75, 3.05) is 6.54 Å². The number of nitrogens with zero attached hydrogens (tertiary/aromatic N) is 1. The van der Waals surface area contributed by atoms with Gasteiger partial charge in [-0.05, 0) is 25.0 Å². The van der Waals surface area contributed by atoms with Crippen molar-refractivity contribution in [3.8, 4) is 0 Å². The molecule has 78 valence electrons. The summed E-state index contributed by atoms with van der Waals surface area (Å²) in [5.74, 6) is -0.742. The summed E-state index contributed by atoms with van der Waals surface area (Å²) < 4.78 is 0. The fraction of sp³-hybridized carbons (Fsp3) is 0.300. The van der Waals surface area contributed by atoms with Crippen molar-refractivity contribution < 1.29 is 9.59 Å². The zero-order valence-corrected chi connectivity index (χ0v) is 8.33. The number of amides is 2. The van der Waals surface area contributed by atoms with Crippen molar-refractivity contribution in [1.29, 1.82) is 0 Å². The van der Waals surface area contributed by atoms with Crippen molar-refractivity contribution in [3.05, 3.63) is 28.6 Å². The predicted molar refractivity (Wildman–Crippen MR) is 53.5 cm³/mol. The van der Waals surface area contributed by atoms with Crippen LogP contribution in [0.3, 0.4) is 0 Å². The van der Waals surface area contributed by atoms with Crippen molar-refractivity contribution in [3.63, 3.8) is 0 Å². The molecule has 0 bridgehead atoms. The molecule has 0 radical (unpaired) electrons. The minimum atomic E-state index is -0.579. The Morgan fingerprint density at radius 3 is 3.00 bits per heavy atom.